The van der Waals surface area contributed by atoms with Gasteiger partial charge in [0.2, 0.25) is 5.89 Å². The average Bonchev–Trinajstić information content (AvgIpc) is 3.94. The monoisotopic (exact) mass is 693 g/mol. The summed E-state index contributed by atoms with van der Waals surface area (Å²) in [6.45, 7) is 0. The van der Waals surface area contributed by atoms with Crippen molar-refractivity contribution in [3.05, 3.63) is 188 Å². The topological polar surface area (TPSA) is 47.3 Å². The van der Waals surface area contributed by atoms with Crippen molar-refractivity contribution >= 4 is 71.9 Å². The summed E-state index contributed by atoms with van der Waals surface area (Å²) in [6, 6.07) is 65.7. The molecule has 0 N–H and O–H groups in total. The minimum atomic E-state index is 0.587. The van der Waals surface area contributed by atoms with E-state index in [1.165, 1.54) is 16.3 Å². The van der Waals surface area contributed by atoms with Crippen molar-refractivity contribution in [1.82, 2.24) is 9.55 Å². The third-order valence-corrected chi connectivity index (χ3v) is 10.4. The second-order valence-corrected chi connectivity index (χ2v) is 13.6. The van der Waals surface area contributed by atoms with Gasteiger partial charge in [-0.05, 0) is 84.4 Å². The number of hydrogen-bond donors (Lipinski definition) is 0. The molecule has 0 aliphatic heterocycles. The predicted octanol–water partition coefficient (Wildman–Crippen LogP) is 13.6. The standard InChI is InChI=1S/C49H31N3O2/c1-4-14-32(15-5-1)37-20-10-12-22-42(37)51(36-24-26-39-38-21-11-13-23-43(38)52(44(39)31-36)34-18-8-3-9-19-34)35-25-28-45-40(30-35)47-46(53-45)29-27-41-48(47)54-49(50-41)33-16-6-2-7-17-33/h1-31H. The molecule has 0 amide bonds. The molecule has 11 aromatic rings. The van der Waals surface area contributed by atoms with Crippen LogP contribution in [0.1, 0.15) is 0 Å². The van der Waals surface area contributed by atoms with E-state index in [0.29, 0.717) is 11.5 Å². The predicted molar refractivity (Wildman–Crippen MR) is 221 cm³/mol. The molecule has 3 aromatic heterocycles. The molecule has 0 saturated heterocycles. The molecule has 5 heteroatoms. The van der Waals surface area contributed by atoms with Gasteiger partial charge < -0.3 is 18.3 Å². The lowest BCUT2D eigenvalue weighted by atomic mass is 10.0. The summed E-state index contributed by atoms with van der Waals surface area (Å²) in [5, 5.41) is 4.30. The van der Waals surface area contributed by atoms with Gasteiger partial charge in [0.15, 0.2) is 5.58 Å². The van der Waals surface area contributed by atoms with Crippen LogP contribution in [-0.2, 0) is 0 Å². The number of aromatic nitrogens is 2. The zero-order valence-electron chi connectivity index (χ0n) is 29.1. The Morgan fingerprint density at radius 2 is 1.11 bits per heavy atom. The van der Waals surface area contributed by atoms with Crippen LogP contribution in [0.4, 0.5) is 17.1 Å². The molecule has 0 unspecified atom stereocenters. The Morgan fingerprint density at radius 3 is 1.94 bits per heavy atom. The van der Waals surface area contributed by atoms with Crippen molar-refractivity contribution in [3.8, 4) is 28.3 Å². The van der Waals surface area contributed by atoms with E-state index < -0.39 is 0 Å². The van der Waals surface area contributed by atoms with Gasteiger partial charge >= 0.3 is 0 Å². The van der Waals surface area contributed by atoms with E-state index in [1.54, 1.807) is 0 Å². The Labute approximate surface area is 310 Å². The lowest BCUT2D eigenvalue weighted by molar-refractivity contribution is 0.622. The number of fused-ring (bicyclic) bond motifs is 8. The third-order valence-electron chi connectivity index (χ3n) is 10.4. The summed E-state index contributed by atoms with van der Waals surface area (Å²) >= 11 is 0. The molecule has 0 aliphatic carbocycles. The van der Waals surface area contributed by atoms with Crippen molar-refractivity contribution in [2.75, 3.05) is 4.90 Å². The molecule has 11 rings (SSSR count). The van der Waals surface area contributed by atoms with Crippen LogP contribution in [-0.4, -0.2) is 9.55 Å². The highest BCUT2D eigenvalue weighted by Gasteiger charge is 2.22. The summed E-state index contributed by atoms with van der Waals surface area (Å²) in [4.78, 5) is 7.24. The maximum atomic E-state index is 6.53. The summed E-state index contributed by atoms with van der Waals surface area (Å²) in [5.41, 5.74) is 12.8. The fourth-order valence-corrected chi connectivity index (χ4v) is 7.99. The fourth-order valence-electron chi connectivity index (χ4n) is 7.99. The minimum absolute atomic E-state index is 0.587. The highest BCUT2D eigenvalue weighted by molar-refractivity contribution is 6.17. The van der Waals surface area contributed by atoms with Gasteiger partial charge in [-0.2, -0.15) is 0 Å². The zero-order valence-corrected chi connectivity index (χ0v) is 29.1. The molecule has 0 fully saturated rings. The van der Waals surface area contributed by atoms with Crippen LogP contribution in [0.3, 0.4) is 0 Å². The van der Waals surface area contributed by atoms with Gasteiger partial charge in [-0.1, -0.05) is 109 Å². The molecular weight excluding hydrogens is 663 g/mol. The first-order valence-electron chi connectivity index (χ1n) is 18.1. The Morgan fingerprint density at radius 1 is 0.463 bits per heavy atom. The van der Waals surface area contributed by atoms with E-state index in [0.717, 1.165) is 72.4 Å². The van der Waals surface area contributed by atoms with Crippen LogP contribution in [0, 0.1) is 0 Å². The van der Waals surface area contributed by atoms with Crippen LogP contribution in [0.25, 0.3) is 83.1 Å². The van der Waals surface area contributed by atoms with Gasteiger partial charge in [0.25, 0.3) is 0 Å². The van der Waals surface area contributed by atoms with Crippen molar-refractivity contribution in [1.29, 1.82) is 0 Å². The fraction of sp³-hybridized carbons (Fsp3) is 0. The Kier molecular flexibility index (Phi) is 6.79. The normalized spacial score (nSPS) is 11.7. The van der Waals surface area contributed by atoms with E-state index >= 15 is 0 Å². The molecule has 0 aliphatic rings. The van der Waals surface area contributed by atoms with E-state index in [4.69, 9.17) is 13.8 Å². The largest absolute Gasteiger partial charge is 0.456 e. The highest BCUT2D eigenvalue weighted by Crippen LogP contribution is 2.45. The Balaban J connectivity index is 1.18. The summed E-state index contributed by atoms with van der Waals surface area (Å²) in [5.74, 6) is 0.587. The molecule has 8 aromatic carbocycles. The van der Waals surface area contributed by atoms with Crippen molar-refractivity contribution in [3.63, 3.8) is 0 Å². The molecule has 5 nitrogen and oxygen atoms in total. The number of oxazole rings is 1. The number of rotatable bonds is 6. The summed E-state index contributed by atoms with van der Waals surface area (Å²) in [7, 11) is 0. The quantitative estimate of drug-likeness (QED) is 0.174. The van der Waals surface area contributed by atoms with Crippen LogP contribution in [0.2, 0.25) is 0 Å². The lowest BCUT2D eigenvalue weighted by Crippen LogP contribution is -2.11. The third kappa shape index (κ3) is 4.76. The Hall–Kier alpha value is -7.37. The van der Waals surface area contributed by atoms with Gasteiger partial charge in [0.05, 0.1) is 22.1 Å². The number of benzene rings is 8. The Bertz CT molecular complexity index is 3160. The molecule has 0 spiro atoms. The number of nitrogens with zero attached hydrogens (tertiary/aromatic N) is 3. The smallest absolute Gasteiger partial charge is 0.227 e. The second kappa shape index (κ2) is 12.1. The average molecular weight is 694 g/mol. The molecule has 54 heavy (non-hydrogen) atoms. The van der Waals surface area contributed by atoms with Gasteiger partial charge in [-0.3, -0.25) is 0 Å². The van der Waals surface area contributed by atoms with E-state index in [-0.39, 0.29) is 0 Å². The number of furan rings is 1. The number of anilines is 3. The number of para-hydroxylation sites is 3. The second-order valence-electron chi connectivity index (χ2n) is 13.6. The SMILES string of the molecule is c1ccc(-c2nc3ccc4oc5ccc(N(c6ccc7c8ccccc8n(-c8ccccc8)c7c6)c6ccccc6-c6ccccc6)cc5c4c3o2)cc1. The number of hydrogen-bond acceptors (Lipinski definition) is 4. The van der Waals surface area contributed by atoms with Crippen LogP contribution in [0.15, 0.2) is 197 Å². The van der Waals surface area contributed by atoms with Gasteiger partial charge in [0.1, 0.15) is 16.7 Å². The first kappa shape index (κ1) is 30.3. The van der Waals surface area contributed by atoms with Gasteiger partial charge in [0, 0.05) is 44.3 Å². The summed E-state index contributed by atoms with van der Waals surface area (Å²) < 4.78 is 15.4. The van der Waals surface area contributed by atoms with E-state index in [1.807, 2.05) is 42.5 Å². The highest BCUT2D eigenvalue weighted by atomic mass is 16.4. The molecule has 0 radical (unpaired) electrons. The van der Waals surface area contributed by atoms with Crippen LogP contribution in [0.5, 0.6) is 0 Å². The summed E-state index contributed by atoms with van der Waals surface area (Å²) in [6.07, 6.45) is 0. The molecule has 0 saturated carbocycles. The van der Waals surface area contributed by atoms with E-state index in [2.05, 4.69) is 155 Å². The van der Waals surface area contributed by atoms with Crippen molar-refractivity contribution in [2.45, 2.75) is 0 Å². The first-order valence-corrected chi connectivity index (χ1v) is 18.1. The van der Waals surface area contributed by atoms with Gasteiger partial charge in [-0.15, -0.1) is 0 Å². The van der Waals surface area contributed by atoms with Gasteiger partial charge in [-0.25, -0.2) is 4.98 Å². The molecular formula is C49H31N3O2. The maximum Gasteiger partial charge on any atom is 0.227 e. The van der Waals surface area contributed by atoms with Crippen LogP contribution >= 0.6 is 0 Å². The van der Waals surface area contributed by atoms with Crippen LogP contribution < -0.4 is 4.90 Å². The maximum absolute atomic E-state index is 6.53. The molecule has 3 heterocycles. The molecule has 254 valence electrons. The first-order chi connectivity index (χ1) is 26.8. The van der Waals surface area contributed by atoms with Crippen molar-refractivity contribution < 1.29 is 8.83 Å². The lowest BCUT2D eigenvalue weighted by Gasteiger charge is -2.28. The molecule has 0 bridgehead atoms. The minimum Gasteiger partial charge on any atom is -0.456 e. The van der Waals surface area contributed by atoms with E-state index in [9.17, 15) is 0 Å². The zero-order chi connectivity index (χ0) is 35.6. The molecule has 0 atom stereocenters. The van der Waals surface area contributed by atoms with Crippen molar-refractivity contribution in [2.24, 2.45) is 0 Å².